The smallest absolute Gasteiger partial charge is 0.119 e. The molecular formula is C13H19NO. The molecule has 1 saturated carbocycles. The molecule has 0 amide bonds. The second-order valence-corrected chi connectivity index (χ2v) is 4.37. The van der Waals surface area contributed by atoms with Gasteiger partial charge in [-0.2, -0.15) is 0 Å². The van der Waals surface area contributed by atoms with Crippen LogP contribution in [0.3, 0.4) is 0 Å². The summed E-state index contributed by atoms with van der Waals surface area (Å²) in [6, 6.07) is 8.71. The lowest BCUT2D eigenvalue weighted by molar-refractivity contribution is 0.340. The Morgan fingerprint density at radius 2 is 2.33 bits per heavy atom. The third-order valence-electron chi connectivity index (χ3n) is 3.11. The van der Waals surface area contributed by atoms with Crippen molar-refractivity contribution >= 4 is 0 Å². The van der Waals surface area contributed by atoms with Crippen LogP contribution in [0.2, 0.25) is 0 Å². The van der Waals surface area contributed by atoms with Crippen molar-refractivity contribution < 1.29 is 4.74 Å². The van der Waals surface area contributed by atoms with E-state index in [2.05, 4.69) is 25.1 Å². The Kier molecular flexibility index (Phi) is 2.96. The molecule has 0 aliphatic heterocycles. The largest absolute Gasteiger partial charge is 0.494 e. The number of benzene rings is 1. The molecule has 2 N–H and O–H groups in total. The van der Waals surface area contributed by atoms with Gasteiger partial charge < -0.3 is 10.5 Å². The zero-order valence-electron chi connectivity index (χ0n) is 9.44. The molecule has 3 atom stereocenters. The Morgan fingerprint density at radius 3 is 2.93 bits per heavy atom. The summed E-state index contributed by atoms with van der Waals surface area (Å²) in [5.74, 6) is 2.30. The van der Waals surface area contributed by atoms with E-state index in [0.717, 1.165) is 12.4 Å². The Bertz CT molecular complexity index is 335. The first-order valence-electron chi connectivity index (χ1n) is 5.70. The molecule has 1 fully saturated rings. The Labute approximate surface area is 91.4 Å². The van der Waals surface area contributed by atoms with Gasteiger partial charge in [-0.1, -0.05) is 12.1 Å². The van der Waals surface area contributed by atoms with E-state index in [1.54, 1.807) is 0 Å². The van der Waals surface area contributed by atoms with Crippen LogP contribution in [0.5, 0.6) is 5.75 Å². The minimum absolute atomic E-state index is 0.311. The van der Waals surface area contributed by atoms with Gasteiger partial charge in [0.1, 0.15) is 5.75 Å². The fourth-order valence-corrected chi connectivity index (χ4v) is 2.18. The highest BCUT2D eigenvalue weighted by molar-refractivity contribution is 5.34. The van der Waals surface area contributed by atoms with E-state index < -0.39 is 0 Å². The van der Waals surface area contributed by atoms with Crippen LogP contribution < -0.4 is 10.5 Å². The van der Waals surface area contributed by atoms with Gasteiger partial charge >= 0.3 is 0 Å². The topological polar surface area (TPSA) is 35.2 Å². The molecule has 0 bridgehead atoms. The van der Waals surface area contributed by atoms with Crippen molar-refractivity contribution in [3.8, 4) is 5.75 Å². The van der Waals surface area contributed by atoms with E-state index in [1.165, 1.54) is 12.0 Å². The maximum absolute atomic E-state index is 5.89. The molecule has 1 aromatic rings. The van der Waals surface area contributed by atoms with Crippen LogP contribution in [0.1, 0.15) is 31.7 Å². The fourth-order valence-electron chi connectivity index (χ4n) is 2.18. The van der Waals surface area contributed by atoms with E-state index in [9.17, 15) is 0 Å². The number of rotatable bonds is 4. The summed E-state index contributed by atoms with van der Waals surface area (Å²) < 4.78 is 5.49. The maximum atomic E-state index is 5.89. The molecule has 3 unspecified atom stereocenters. The quantitative estimate of drug-likeness (QED) is 0.819. The zero-order valence-corrected chi connectivity index (χ0v) is 9.44. The maximum Gasteiger partial charge on any atom is 0.119 e. The van der Waals surface area contributed by atoms with Crippen LogP contribution in [-0.2, 0) is 0 Å². The highest BCUT2D eigenvalue weighted by Crippen LogP contribution is 2.49. The summed E-state index contributed by atoms with van der Waals surface area (Å²) in [5.41, 5.74) is 7.27. The summed E-state index contributed by atoms with van der Waals surface area (Å²) in [6.45, 7) is 4.83. The SMILES string of the molecule is CCOc1cccc(C2CC2C(C)N)c1. The molecule has 1 aliphatic carbocycles. The van der Waals surface area contributed by atoms with Gasteiger partial charge in [-0.25, -0.2) is 0 Å². The van der Waals surface area contributed by atoms with Gasteiger partial charge in [-0.05, 0) is 49.8 Å². The van der Waals surface area contributed by atoms with Crippen molar-refractivity contribution in [2.24, 2.45) is 11.7 Å². The third-order valence-corrected chi connectivity index (χ3v) is 3.11. The Hall–Kier alpha value is -1.02. The lowest BCUT2D eigenvalue weighted by Crippen LogP contribution is -2.17. The van der Waals surface area contributed by atoms with Gasteiger partial charge in [0, 0.05) is 6.04 Å². The molecule has 15 heavy (non-hydrogen) atoms. The van der Waals surface area contributed by atoms with Crippen LogP contribution in [-0.4, -0.2) is 12.6 Å². The molecule has 2 nitrogen and oxygen atoms in total. The van der Waals surface area contributed by atoms with Crippen LogP contribution >= 0.6 is 0 Å². The van der Waals surface area contributed by atoms with Crippen molar-refractivity contribution in [1.82, 2.24) is 0 Å². The molecule has 2 rings (SSSR count). The first-order valence-corrected chi connectivity index (χ1v) is 5.70. The minimum atomic E-state index is 0.311. The normalized spacial score (nSPS) is 26.1. The van der Waals surface area contributed by atoms with E-state index in [-0.39, 0.29) is 0 Å². The van der Waals surface area contributed by atoms with Crippen LogP contribution in [0.4, 0.5) is 0 Å². The van der Waals surface area contributed by atoms with Gasteiger partial charge in [0.15, 0.2) is 0 Å². The molecule has 0 aromatic heterocycles. The molecule has 82 valence electrons. The summed E-state index contributed by atoms with van der Waals surface area (Å²) >= 11 is 0. The summed E-state index contributed by atoms with van der Waals surface area (Å²) in [4.78, 5) is 0. The Morgan fingerprint density at radius 1 is 1.53 bits per heavy atom. The number of nitrogens with two attached hydrogens (primary N) is 1. The average molecular weight is 205 g/mol. The second kappa shape index (κ2) is 4.23. The molecule has 1 aromatic carbocycles. The number of ether oxygens (including phenoxy) is 1. The summed E-state index contributed by atoms with van der Waals surface area (Å²) in [7, 11) is 0. The van der Waals surface area contributed by atoms with E-state index in [0.29, 0.717) is 17.9 Å². The molecule has 1 aliphatic rings. The third kappa shape index (κ3) is 2.32. The average Bonchev–Trinajstić information content (AvgIpc) is 2.98. The van der Waals surface area contributed by atoms with Crippen LogP contribution in [0.15, 0.2) is 24.3 Å². The molecule has 0 saturated heterocycles. The Balaban J connectivity index is 2.07. The summed E-state index contributed by atoms with van der Waals surface area (Å²) in [5, 5.41) is 0. The summed E-state index contributed by atoms with van der Waals surface area (Å²) in [6.07, 6.45) is 1.23. The second-order valence-electron chi connectivity index (χ2n) is 4.37. The molecule has 0 spiro atoms. The predicted octanol–water partition coefficient (Wildman–Crippen LogP) is 2.54. The molecule has 0 radical (unpaired) electrons. The lowest BCUT2D eigenvalue weighted by Gasteiger charge is -2.07. The molecule has 2 heteroatoms. The van der Waals surface area contributed by atoms with Gasteiger partial charge in [-0.15, -0.1) is 0 Å². The van der Waals surface area contributed by atoms with E-state index in [1.807, 2.05) is 13.0 Å². The van der Waals surface area contributed by atoms with Crippen molar-refractivity contribution in [2.45, 2.75) is 32.2 Å². The number of hydrogen-bond donors (Lipinski definition) is 1. The highest BCUT2D eigenvalue weighted by Gasteiger charge is 2.40. The monoisotopic (exact) mass is 205 g/mol. The van der Waals surface area contributed by atoms with Gasteiger partial charge in [-0.3, -0.25) is 0 Å². The van der Waals surface area contributed by atoms with E-state index >= 15 is 0 Å². The lowest BCUT2D eigenvalue weighted by atomic mass is 10.1. The predicted molar refractivity (Wildman–Crippen MR) is 62.1 cm³/mol. The van der Waals surface area contributed by atoms with Gasteiger partial charge in [0.25, 0.3) is 0 Å². The fraction of sp³-hybridized carbons (Fsp3) is 0.538. The van der Waals surface area contributed by atoms with Crippen LogP contribution in [0, 0.1) is 5.92 Å². The zero-order chi connectivity index (χ0) is 10.8. The molecular weight excluding hydrogens is 186 g/mol. The molecule has 0 heterocycles. The minimum Gasteiger partial charge on any atom is -0.494 e. The van der Waals surface area contributed by atoms with Gasteiger partial charge in [0.2, 0.25) is 0 Å². The van der Waals surface area contributed by atoms with Crippen molar-refractivity contribution in [2.75, 3.05) is 6.61 Å². The van der Waals surface area contributed by atoms with Crippen molar-refractivity contribution in [3.05, 3.63) is 29.8 Å². The first kappa shape index (κ1) is 10.5. The van der Waals surface area contributed by atoms with Crippen molar-refractivity contribution in [1.29, 1.82) is 0 Å². The number of hydrogen-bond acceptors (Lipinski definition) is 2. The van der Waals surface area contributed by atoms with Gasteiger partial charge in [0.05, 0.1) is 6.61 Å². The standard InChI is InChI=1S/C13H19NO/c1-3-15-11-6-4-5-10(7-11)13-8-12(13)9(2)14/h4-7,9,12-13H,3,8,14H2,1-2H3. The first-order chi connectivity index (χ1) is 7.22. The highest BCUT2D eigenvalue weighted by atomic mass is 16.5. The van der Waals surface area contributed by atoms with E-state index in [4.69, 9.17) is 10.5 Å². The van der Waals surface area contributed by atoms with Crippen molar-refractivity contribution in [3.63, 3.8) is 0 Å². The van der Waals surface area contributed by atoms with Crippen LogP contribution in [0.25, 0.3) is 0 Å².